The van der Waals surface area contributed by atoms with Crippen LogP contribution in [0.4, 0.5) is 22.9 Å². The summed E-state index contributed by atoms with van der Waals surface area (Å²) in [6, 6.07) is 13.8. The fraction of sp³-hybridized carbons (Fsp3) is 0.355. The minimum atomic E-state index is -0.222. The third-order valence-electron chi connectivity index (χ3n) is 7.26. The maximum atomic E-state index is 13.5. The second kappa shape index (κ2) is 11.9. The van der Waals surface area contributed by atoms with Crippen molar-refractivity contribution in [2.24, 2.45) is 5.92 Å². The normalized spacial score (nSPS) is 14.8. The Morgan fingerprint density at radius 3 is 2.59 bits per heavy atom. The van der Waals surface area contributed by atoms with Gasteiger partial charge in [-0.1, -0.05) is 38.8 Å². The summed E-state index contributed by atoms with van der Waals surface area (Å²) in [6.07, 6.45) is 8.39. The molecule has 1 saturated carbocycles. The molecule has 0 bridgehead atoms. The molecule has 0 spiro atoms. The van der Waals surface area contributed by atoms with E-state index in [4.69, 9.17) is 4.74 Å². The molecule has 0 unspecified atom stereocenters. The molecule has 1 amide bonds. The summed E-state index contributed by atoms with van der Waals surface area (Å²) in [7, 11) is 1.61. The zero-order valence-corrected chi connectivity index (χ0v) is 25.3. The summed E-state index contributed by atoms with van der Waals surface area (Å²) in [5.74, 6) is 2.05. The number of hydrogen-bond donors (Lipinski definition) is 5. The number of aryl methyl sites for hydroxylation is 1. The Balaban J connectivity index is 1.35. The van der Waals surface area contributed by atoms with Crippen molar-refractivity contribution in [1.29, 1.82) is 0 Å². The van der Waals surface area contributed by atoms with E-state index in [0.717, 1.165) is 52.0 Å². The van der Waals surface area contributed by atoms with Crippen LogP contribution in [0, 0.1) is 12.8 Å². The Labute approximate surface area is 246 Å². The lowest BCUT2D eigenvalue weighted by Gasteiger charge is -2.24. The Kier molecular flexibility index (Phi) is 8.32. The highest BCUT2D eigenvalue weighted by Crippen LogP contribution is 2.40. The molecule has 41 heavy (non-hydrogen) atoms. The molecule has 0 radical (unpaired) electrons. The average Bonchev–Trinajstić information content (AvgIpc) is 3.66. The van der Waals surface area contributed by atoms with E-state index in [9.17, 15) is 4.79 Å². The molecule has 5 rings (SSSR count). The molecule has 2 aromatic carbocycles. The van der Waals surface area contributed by atoms with Gasteiger partial charge in [0.1, 0.15) is 5.82 Å². The molecule has 9 nitrogen and oxygen atoms in total. The molecule has 5 N–H and O–H groups in total. The van der Waals surface area contributed by atoms with Crippen LogP contribution in [0.3, 0.4) is 0 Å². The standard InChI is InChI=1S/C31H39N7O2S/c1-19-7-10-21(30(39)34-24-14-23(31(2,3)4)15-25(36-41-6)29(24)40-5)13-27(19)38-18-26(35-37-38)22-11-12-28(33-17-22)32-16-20-8-9-20/h7,10-15,17-18,20,35-37H,8-9,16H2,1-6H3,(H,32,33)(H,34,39). The van der Waals surface area contributed by atoms with Crippen molar-refractivity contribution in [3.05, 3.63) is 77.1 Å². The maximum Gasteiger partial charge on any atom is 0.255 e. The van der Waals surface area contributed by atoms with Crippen molar-refractivity contribution >= 4 is 46.4 Å². The number of anilines is 4. The van der Waals surface area contributed by atoms with Gasteiger partial charge in [-0.25, -0.2) is 4.98 Å². The first-order chi connectivity index (χ1) is 19.7. The van der Waals surface area contributed by atoms with Crippen LogP contribution >= 0.6 is 11.9 Å². The van der Waals surface area contributed by atoms with Crippen LogP contribution in [-0.4, -0.2) is 30.8 Å². The van der Waals surface area contributed by atoms with Crippen molar-refractivity contribution in [2.45, 2.75) is 46.0 Å². The maximum absolute atomic E-state index is 13.5. The Morgan fingerprint density at radius 1 is 1.15 bits per heavy atom. The van der Waals surface area contributed by atoms with Gasteiger partial charge < -0.3 is 25.5 Å². The summed E-state index contributed by atoms with van der Waals surface area (Å²) < 4.78 is 9.00. The van der Waals surface area contributed by atoms with Gasteiger partial charge in [-0.05, 0) is 78.6 Å². The highest BCUT2D eigenvalue weighted by Gasteiger charge is 2.23. The molecule has 3 aromatic rings. The Bertz CT molecular complexity index is 1450. The van der Waals surface area contributed by atoms with Crippen LogP contribution in [0.2, 0.25) is 0 Å². The highest BCUT2D eigenvalue weighted by atomic mass is 32.2. The van der Waals surface area contributed by atoms with Gasteiger partial charge in [0.05, 0.1) is 29.9 Å². The largest absolute Gasteiger partial charge is 0.492 e. The van der Waals surface area contributed by atoms with Crippen molar-refractivity contribution in [2.75, 3.05) is 40.3 Å². The fourth-order valence-corrected chi connectivity index (χ4v) is 4.96. The number of carbonyl (C=O) groups excluding carboxylic acids is 1. The lowest BCUT2D eigenvalue weighted by Crippen LogP contribution is -2.36. The van der Waals surface area contributed by atoms with E-state index in [1.165, 1.54) is 24.8 Å². The van der Waals surface area contributed by atoms with Crippen LogP contribution in [-0.2, 0) is 5.41 Å². The monoisotopic (exact) mass is 573 g/mol. The second-order valence-electron chi connectivity index (χ2n) is 11.5. The van der Waals surface area contributed by atoms with Gasteiger partial charge in [-0.2, -0.15) is 0 Å². The van der Waals surface area contributed by atoms with E-state index in [1.807, 2.05) is 67.0 Å². The SMILES string of the molecule is COc1c(NSC)cc(C(C)(C)C)cc1NC(=O)c1ccc(C)c(N2C=C(c3ccc(NCC4CC4)nc3)NN2)c1. The molecule has 216 valence electrons. The summed E-state index contributed by atoms with van der Waals surface area (Å²) in [5, 5.41) is 8.37. The topological polar surface area (TPSA) is 103 Å². The molecule has 2 heterocycles. The summed E-state index contributed by atoms with van der Waals surface area (Å²) in [6.45, 7) is 9.43. The third kappa shape index (κ3) is 6.71. The summed E-state index contributed by atoms with van der Waals surface area (Å²) >= 11 is 1.48. The second-order valence-corrected chi connectivity index (χ2v) is 12.1. The van der Waals surface area contributed by atoms with Gasteiger partial charge in [0.2, 0.25) is 0 Å². The number of pyridine rings is 1. The summed E-state index contributed by atoms with van der Waals surface area (Å²) in [5.41, 5.74) is 13.1. The van der Waals surface area contributed by atoms with Crippen LogP contribution in [0.25, 0.3) is 5.70 Å². The van der Waals surface area contributed by atoms with Crippen molar-refractivity contribution in [3.63, 3.8) is 0 Å². The number of rotatable bonds is 10. The molecular formula is C31H39N7O2S. The number of hydrogen-bond acceptors (Lipinski definition) is 9. The zero-order valence-electron chi connectivity index (χ0n) is 24.5. The number of nitrogens with zero attached hydrogens (tertiary/aromatic N) is 2. The number of ether oxygens (including phenoxy) is 1. The predicted molar refractivity (Wildman–Crippen MR) is 170 cm³/mol. The number of amides is 1. The predicted octanol–water partition coefficient (Wildman–Crippen LogP) is 6.29. The highest BCUT2D eigenvalue weighted by molar-refractivity contribution is 7.99. The van der Waals surface area contributed by atoms with E-state index < -0.39 is 0 Å². The number of benzene rings is 2. The number of aromatic nitrogens is 1. The average molecular weight is 574 g/mol. The van der Waals surface area contributed by atoms with Crippen molar-refractivity contribution < 1.29 is 9.53 Å². The van der Waals surface area contributed by atoms with Gasteiger partial charge in [-0.3, -0.25) is 9.80 Å². The molecule has 0 saturated heterocycles. The molecular weight excluding hydrogens is 534 g/mol. The summed E-state index contributed by atoms with van der Waals surface area (Å²) in [4.78, 5) is 18.1. The lowest BCUT2D eigenvalue weighted by atomic mass is 9.86. The van der Waals surface area contributed by atoms with Crippen molar-refractivity contribution in [3.8, 4) is 5.75 Å². The molecule has 1 aromatic heterocycles. The fourth-order valence-electron chi connectivity index (χ4n) is 4.58. The van der Waals surface area contributed by atoms with Gasteiger partial charge in [-0.15, -0.1) is 5.53 Å². The van der Waals surface area contributed by atoms with Gasteiger partial charge in [0, 0.05) is 36.3 Å². The van der Waals surface area contributed by atoms with E-state index in [0.29, 0.717) is 17.0 Å². The lowest BCUT2D eigenvalue weighted by molar-refractivity contribution is 0.102. The van der Waals surface area contributed by atoms with Gasteiger partial charge in [0.25, 0.3) is 5.91 Å². The molecule has 2 aliphatic rings. The van der Waals surface area contributed by atoms with Crippen molar-refractivity contribution in [1.82, 2.24) is 15.9 Å². The van der Waals surface area contributed by atoms with E-state index in [1.54, 1.807) is 7.11 Å². The minimum absolute atomic E-state index is 0.112. The first-order valence-corrected chi connectivity index (χ1v) is 15.0. The zero-order chi connectivity index (χ0) is 29.1. The molecule has 0 atom stereocenters. The van der Waals surface area contributed by atoms with E-state index >= 15 is 0 Å². The molecule has 1 aliphatic heterocycles. The van der Waals surface area contributed by atoms with E-state index in [-0.39, 0.29) is 11.3 Å². The number of nitrogens with one attached hydrogen (secondary N) is 5. The number of carbonyl (C=O) groups is 1. The molecule has 1 fully saturated rings. The Morgan fingerprint density at radius 2 is 1.93 bits per heavy atom. The van der Waals surface area contributed by atoms with E-state index in [2.05, 4.69) is 58.1 Å². The number of methoxy groups -OCH3 is 1. The third-order valence-corrected chi connectivity index (χ3v) is 7.69. The molecule has 1 aliphatic carbocycles. The molecule has 10 heteroatoms. The van der Waals surface area contributed by atoms with Crippen LogP contribution in [0.15, 0.2) is 54.9 Å². The first-order valence-electron chi connectivity index (χ1n) is 13.8. The quantitative estimate of drug-likeness (QED) is 0.179. The van der Waals surface area contributed by atoms with Crippen LogP contribution in [0.1, 0.15) is 60.7 Å². The van der Waals surface area contributed by atoms with Crippen LogP contribution in [0.5, 0.6) is 5.75 Å². The Hall–Kier alpha value is -3.89. The van der Waals surface area contributed by atoms with Gasteiger partial charge >= 0.3 is 0 Å². The minimum Gasteiger partial charge on any atom is -0.492 e. The first kappa shape index (κ1) is 28.6. The number of hydrazine groups is 2. The van der Waals surface area contributed by atoms with Gasteiger partial charge in [0.15, 0.2) is 5.75 Å². The smallest absolute Gasteiger partial charge is 0.255 e. The van der Waals surface area contributed by atoms with Crippen LogP contribution < -0.4 is 36.1 Å².